The molecular formula is C28H29FN8O3. The molecule has 0 aliphatic rings. The number of rotatable bonds is 6. The molecule has 0 spiro atoms. The average Bonchev–Trinajstić information content (AvgIpc) is 3.37. The van der Waals surface area contributed by atoms with E-state index in [-0.39, 0.29) is 40.0 Å². The van der Waals surface area contributed by atoms with Crippen LogP contribution in [0.15, 0.2) is 58.5 Å². The maximum absolute atomic E-state index is 15.2. The van der Waals surface area contributed by atoms with E-state index in [9.17, 15) is 14.7 Å². The van der Waals surface area contributed by atoms with Crippen molar-refractivity contribution in [3.8, 4) is 16.9 Å². The molecule has 0 aliphatic heterocycles. The summed E-state index contributed by atoms with van der Waals surface area (Å²) < 4.78 is 17.6. The van der Waals surface area contributed by atoms with E-state index in [0.717, 1.165) is 10.2 Å². The van der Waals surface area contributed by atoms with Gasteiger partial charge in [-0.2, -0.15) is 14.9 Å². The number of nitrogens with two attached hydrogens (primary N) is 1. The topological polar surface area (TPSA) is 157 Å². The second kappa shape index (κ2) is 10.1. The standard InChI is InChI=1S/C28H29FN8O3/c1-28(2,3)17-7-15-12-32-37(27(40)24(15)21(29)9-17)25-20(14-38)19(5-6-31-25)16-8-22(26(39)36(4)13-16)33-23-10-18(11-30)34-35-23/h5-10,12-13,38H,11,14,30H2,1-4H3,(H2,33,34,35). The molecular weight excluding hydrogens is 515 g/mol. The van der Waals surface area contributed by atoms with Crippen molar-refractivity contribution < 1.29 is 9.50 Å². The lowest BCUT2D eigenvalue weighted by Crippen LogP contribution is -2.25. The van der Waals surface area contributed by atoms with Crippen LogP contribution in [-0.2, 0) is 25.6 Å². The second-order valence-electron chi connectivity index (χ2n) is 10.5. The summed E-state index contributed by atoms with van der Waals surface area (Å²) >= 11 is 0. The van der Waals surface area contributed by atoms with Crippen LogP contribution < -0.4 is 22.2 Å². The summed E-state index contributed by atoms with van der Waals surface area (Å²) in [6, 6.07) is 8.07. The number of anilines is 2. The van der Waals surface area contributed by atoms with E-state index < -0.39 is 18.0 Å². The first-order chi connectivity index (χ1) is 19.0. The summed E-state index contributed by atoms with van der Waals surface area (Å²) in [5.74, 6) is -0.194. The molecule has 0 bridgehead atoms. The van der Waals surface area contributed by atoms with E-state index in [2.05, 4.69) is 25.6 Å². The number of benzene rings is 1. The third-order valence-corrected chi connectivity index (χ3v) is 6.70. The number of nitrogens with zero attached hydrogens (tertiary/aromatic N) is 5. The number of aliphatic hydroxyl groups is 1. The SMILES string of the molecule is Cn1cc(-c2ccnc(-n3ncc4cc(C(C)(C)C)cc(F)c4c3=O)c2CO)cc(Nc2cc(CN)[nH]n2)c1=O. The number of halogens is 1. The molecule has 11 nitrogen and oxygen atoms in total. The summed E-state index contributed by atoms with van der Waals surface area (Å²) in [6.45, 7) is 5.63. The van der Waals surface area contributed by atoms with Crippen LogP contribution in [0.3, 0.4) is 0 Å². The molecule has 0 radical (unpaired) electrons. The van der Waals surface area contributed by atoms with Crippen LogP contribution in [0.2, 0.25) is 0 Å². The third kappa shape index (κ3) is 4.78. The molecule has 4 aromatic heterocycles. The van der Waals surface area contributed by atoms with Gasteiger partial charge >= 0.3 is 0 Å². The minimum atomic E-state index is -0.702. The lowest BCUT2D eigenvalue weighted by Gasteiger charge is -2.20. The van der Waals surface area contributed by atoms with Crippen molar-refractivity contribution in [3.05, 3.63) is 92.3 Å². The normalized spacial score (nSPS) is 11.8. The first-order valence-corrected chi connectivity index (χ1v) is 12.6. The minimum Gasteiger partial charge on any atom is -0.392 e. The Bertz CT molecular complexity index is 1870. The van der Waals surface area contributed by atoms with Crippen LogP contribution in [0.1, 0.15) is 37.6 Å². The number of aromatic amines is 1. The zero-order valence-corrected chi connectivity index (χ0v) is 22.5. The number of H-pyrrole nitrogens is 1. The molecule has 5 rings (SSSR count). The molecule has 0 atom stereocenters. The number of fused-ring (bicyclic) bond motifs is 1. The fourth-order valence-corrected chi connectivity index (χ4v) is 4.52. The van der Waals surface area contributed by atoms with E-state index >= 15 is 4.39 Å². The summed E-state index contributed by atoms with van der Waals surface area (Å²) in [5.41, 5.74) is 7.30. The van der Waals surface area contributed by atoms with Crippen molar-refractivity contribution in [1.82, 2.24) is 29.5 Å². The third-order valence-electron chi connectivity index (χ3n) is 6.70. The van der Waals surface area contributed by atoms with Crippen molar-refractivity contribution in [2.45, 2.75) is 39.3 Å². The molecule has 0 amide bonds. The number of pyridine rings is 2. The summed E-state index contributed by atoms with van der Waals surface area (Å²) in [6.07, 6.45) is 4.48. The molecule has 0 saturated heterocycles. The Morgan fingerprint density at radius 1 is 1.15 bits per heavy atom. The van der Waals surface area contributed by atoms with Gasteiger partial charge in [0, 0.05) is 48.6 Å². The number of aliphatic hydroxyl groups excluding tert-OH is 1. The van der Waals surface area contributed by atoms with Gasteiger partial charge in [0.1, 0.15) is 11.5 Å². The van der Waals surface area contributed by atoms with Crippen LogP contribution in [0, 0.1) is 5.82 Å². The monoisotopic (exact) mass is 544 g/mol. The van der Waals surface area contributed by atoms with E-state index in [1.807, 2.05) is 20.8 Å². The van der Waals surface area contributed by atoms with Gasteiger partial charge in [0.05, 0.1) is 23.9 Å². The van der Waals surface area contributed by atoms with Gasteiger partial charge in [-0.15, -0.1) is 0 Å². The highest BCUT2D eigenvalue weighted by atomic mass is 19.1. The maximum atomic E-state index is 15.2. The predicted molar refractivity (Wildman–Crippen MR) is 150 cm³/mol. The summed E-state index contributed by atoms with van der Waals surface area (Å²) in [4.78, 5) is 30.6. The molecule has 1 aromatic carbocycles. The summed E-state index contributed by atoms with van der Waals surface area (Å²) in [5, 5.41) is 24.8. The molecule has 40 heavy (non-hydrogen) atoms. The van der Waals surface area contributed by atoms with Gasteiger partial charge in [-0.3, -0.25) is 14.7 Å². The Balaban J connectivity index is 1.64. The molecule has 206 valence electrons. The Morgan fingerprint density at radius 2 is 1.93 bits per heavy atom. The van der Waals surface area contributed by atoms with Gasteiger partial charge in [-0.1, -0.05) is 20.8 Å². The summed E-state index contributed by atoms with van der Waals surface area (Å²) in [7, 11) is 1.59. The highest BCUT2D eigenvalue weighted by Gasteiger charge is 2.21. The highest BCUT2D eigenvalue weighted by molar-refractivity contribution is 5.83. The van der Waals surface area contributed by atoms with Crippen molar-refractivity contribution in [2.24, 2.45) is 12.8 Å². The van der Waals surface area contributed by atoms with E-state index in [1.165, 1.54) is 23.0 Å². The number of aromatic nitrogens is 6. The lowest BCUT2D eigenvalue weighted by atomic mass is 9.86. The van der Waals surface area contributed by atoms with Crippen molar-refractivity contribution in [2.75, 3.05) is 5.32 Å². The van der Waals surface area contributed by atoms with Gasteiger partial charge in [-0.25, -0.2) is 9.37 Å². The smallest absolute Gasteiger partial charge is 0.283 e. The van der Waals surface area contributed by atoms with E-state index in [0.29, 0.717) is 28.0 Å². The second-order valence-corrected chi connectivity index (χ2v) is 10.5. The van der Waals surface area contributed by atoms with Gasteiger partial charge < -0.3 is 20.7 Å². The average molecular weight is 545 g/mol. The molecule has 5 aromatic rings. The molecule has 0 unspecified atom stereocenters. The number of hydrogen-bond donors (Lipinski definition) is 4. The molecule has 0 saturated carbocycles. The van der Waals surface area contributed by atoms with Crippen LogP contribution in [-0.4, -0.2) is 34.6 Å². The Morgan fingerprint density at radius 3 is 2.60 bits per heavy atom. The van der Waals surface area contributed by atoms with Crippen LogP contribution >= 0.6 is 0 Å². The Labute approximate surface area is 228 Å². The van der Waals surface area contributed by atoms with Crippen LogP contribution in [0.4, 0.5) is 15.9 Å². The van der Waals surface area contributed by atoms with Crippen LogP contribution in [0.5, 0.6) is 0 Å². The zero-order chi connectivity index (χ0) is 28.8. The maximum Gasteiger partial charge on any atom is 0.283 e. The molecule has 12 heteroatoms. The van der Waals surface area contributed by atoms with Gasteiger partial charge in [0.25, 0.3) is 11.1 Å². The molecule has 5 N–H and O–H groups in total. The first kappa shape index (κ1) is 26.9. The molecule has 4 heterocycles. The predicted octanol–water partition coefficient (Wildman–Crippen LogP) is 3.00. The number of nitrogens with one attached hydrogen (secondary N) is 2. The van der Waals surface area contributed by atoms with Gasteiger partial charge in [0.2, 0.25) is 0 Å². The van der Waals surface area contributed by atoms with E-state index in [1.54, 1.807) is 37.5 Å². The highest BCUT2D eigenvalue weighted by Crippen LogP contribution is 2.30. The van der Waals surface area contributed by atoms with Crippen molar-refractivity contribution >= 4 is 22.3 Å². The first-order valence-electron chi connectivity index (χ1n) is 12.6. The van der Waals surface area contributed by atoms with E-state index in [4.69, 9.17) is 5.73 Å². The fourth-order valence-electron chi connectivity index (χ4n) is 4.52. The fraction of sp³-hybridized carbons (Fsp3) is 0.250. The van der Waals surface area contributed by atoms with Gasteiger partial charge in [0.15, 0.2) is 11.6 Å². The zero-order valence-electron chi connectivity index (χ0n) is 22.5. The number of aryl methyl sites for hydroxylation is 1. The molecule has 0 aliphatic carbocycles. The largest absolute Gasteiger partial charge is 0.392 e. The van der Waals surface area contributed by atoms with Gasteiger partial charge in [-0.05, 0) is 40.8 Å². The lowest BCUT2D eigenvalue weighted by molar-refractivity contribution is 0.281. The van der Waals surface area contributed by atoms with Crippen molar-refractivity contribution in [3.63, 3.8) is 0 Å². The Kier molecular flexibility index (Phi) is 6.82. The van der Waals surface area contributed by atoms with Crippen LogP contribution in [0.25, 0.3) is 27.7 Å². The minimum absolute atomic E-state index is 0.0504. The quantitative estimate of drug-likeness (QED) is 0.254. The van der Waals surface area contributed by atoms with Crippen molar-refractivity contribution in [1.29, 1.82) is 0 Å². The Hall–Kier alpha value is -4.68. The molecule has 0 fully saturated rings. The number of hydrogen-bond acceptors (Lipinski definition) is 8.